The zero-order valence-electron chi connectivity index (χ0n) is 12.4. The number of aromatic carboxylic acids is 1. The fourth-order valence-electron chi connectivity index (χ4n) is 2.63. The number of benzene rings is 1. The van der Waals surface area contributed by atoms with Crippen LogP contribution in [0.1, 0.15) is 44.5 Å². The SMILES string of the molecule is CC1(C)CC(Oc2c(Br)cc(C(=O)O)cc2Br)C(C)(C)O1. The van der Waals surface area contributed by atoms with Crippen molar-refractivity contribution in [1.29, 1.82) is 0 Å². The molecule has 0 spiro atoms. The molecule has 1 atom stereocenters. The molecule has 1 aliphatic heterocycles. The molecule has 0 aromatic heterocycles. The Bertz CT molecular complexity index is 558. The van der Waals surface area contributed by atoms with Crippen molar-refractivity contribution in [1.82, 2.24) is 0 Å². The fraction of sp³-hybridized carbons (Fsp3) is 0.533. The van der Waals surface area contributed by atoms with Gasteiger partial charge >= 0.3 is 5.97 Å². The average molecular weight is 422 g/mol. The third-order valence-corrected chi connectivity index (χ3v) is 4.68. The molecule has 21 heavy (non-hydrogen) atoms. The van der Waals surface area contributed by atoms with E-state index < -0.39 is 11.6 Å². The van der Waals surface area contributed by atoms with Gasteiger partial charge < -0.3 is 14.6 Å². The van der Waals surface area contributed by atoms with Crippen LogP contribution in [0.15, 0.2) is 21.1 Å². The molecular formula is C15H18Br2O4. The molecule has 1 saturated heterocycles. The van der Waals surface area contributed by atoms with Crippen LogP contribution in [0.3, 0.4) is 0 Å². The van der Waals surface area contributed by atoms with Gasteiger partial charge in [-0.2, -0.15) is 0 Å². The third-order valence-electron chi connectivity index (χ3n) is 3.50. The summed E-state index contributed by atoms with van der Waals surface area (Å²) in [7, 11) is 0. The van der Waals surface area contributed by atoms with Crippen molar-refractivity contribution in [2.75, 3.05) is 0 Å². The Labute approximate surface area is 141 Å². The highest BCUT2D eigenvalue weighted by Crippen LogP contribution is 2.43. The summed E-state index contributed by atoms with van der Waals surface area (Å²) in [6.07, 6.45) is 0.648. The van der Waals surface area contributed by atoms with Crippen LogP contribution in [-0.4, -0.2) is 28.4 Å². The maximum absolute atomic E-state index is 11.0. The van der Waals surface area contributed by atoms with Crippen molar-refractivity contribution in [2.24, 2.45) is 0 Å². The Kier molecular flexibility index (Phi) is 4.44. The number of ether oxygens (including phenoxy) is 2. The van der Waals surface area contributed by atoms with Gasteiger partial charge in [0.1, 0.15) is 17.5 Å². The van der Waals surface area contributed by atoms with Gasteiger partial charge in [0.15, 0.2) is 0 Å². The highest BCUT2D eigenvalue weighted by atomic mass is 79.9. The second-order valence-corrected chi connectivity index (χ2v) is 8.06. The molecule has 1 N–H and O–H groups in total. The number of carboxylic acid groups (broad SMARTS) is 1. The van der Waals surface area contributed by atoms with E-state index >= 15 is 0 Å². The molecule has 6 heteroatoms. The highest BCUT2D eigenvalue weighted by Gasteiger charge is 2.47. The number of rotatable bonds is 3. The summed E-state index contributed by atoms with van der Waals surface area (Å²) in [5.41, 5.74) is -0.453. The lowest BCUT2D eigenvalue weighted by Crippen LogP contribution is -2.36. The summed E-state index contributed by atoms with van der Waals surface area (Å²) in [4.78, 5) is 11.0. The molecule has 0 aliphatic carbocycles. The van der Waals surface area contributed by atoms with Gasteiger partial charge in [0, 0.05) is 6.42 Å². The lowest BCUT2D eigenvalue weighted by atomic mass is 9.97. The zero-order valence-corrected chi connectivity index (χ0v) is 15.5. The van der Waals surface area contributed by atoms with Crippen LogP contribution in [0.5, 0.6) is 5.75 Å². The Morgan fingerprint density at radius 3 is 2.19 bits per heavy atom. The first-order valence-electron chi connectivity index (χ1n) is 6.61. The monoisotopic (exact) mass is 420 g/mol. The molecule has 2 rings (SSSR count). The van der Waals surface area contributed by atoms with Crippen LogP contribution < -0.4 is 4.74 Å². The summed E-state index contributed by atoms with van der Waals surface area (Å²) in [6, 6.07) is 3.08. The van der Waals surface area contributed by atoms with E-state index in [0.717, 1.165) is 6.42 Å². The summed E-state index contributed by atoms with van der Waals surface area (Å²) < 4.78 is 13.3. The Morgan fingerprint density at radius 2 is 1.81 bits per heavy atom. The second kappa shape index (κ2) is 5.56. The molecule has 1 aliphatic rings. The van der Waals surface area contributed by atoms with E-state index in [4.69, 9.17) is 14.6 Å². The first kappa shape index (κ1) is 16.8. The van der Waals surface area contributed by atoms with E-state index in [0.29, 0.717) is 14.7 Å². The molecule has 4 nitrogen and oxygen atoms in total. The number of carboxylic acids is 1. The molecule has 1 aromatic carbocycles. The number of hydrogen-bond donors (Lipinski definition) is 1. The minimum atomic E-state index is -0.978. The summed E-state index contributed by atoms with van der Waals surface area (Å²) in [5, 5.41) is 9.06. The summed E-state index contributed by atoms with van der Waals surface area (Å²) >= 11 is 6.76. The molecule has 1 heterocycles. The molecule has 1 fully saturated rings. The van der Waals surface area contributed by atoms with E-state index in [-0.39, 0.29) is 17.3 Å². The van der Waals surface area contributed by atoms with E-state index in [1.165, 1.54) is 12.1 Å². The number of halogens is 2. The second-order valence-electron chi connectivity index (χ2n) is 6.35. The van der Waals surface area contributed by atoms with E-state index in [2.05, 4.69) is 31.9 Å². The first-order valence-corrected chi connectivity index (χ1v) is 8.19. The zero-order chi connectivity index (χ0) is 16.0. The van der Waals surface area contributed by atoms with E-state index in [1.54, 1.807) is 0 Å². The largest absolute Gasteiger partial charge is 0.485 e. The quantitative estimate of drug-likeness (QED) is 0.772. The van der Waals surface area contributed by atoms with E-state index in [1.807, 2.05) is 27.7 Å². The van der Waals surface area contributed by atoms with Gasteiger partial charge in [-0.15, -0.1) is 0 Å². The maximum Gasteiger partial charge on any atom is 0.335 e. The van der Waals surface area contributed by atoms with Gasteiger partial charge in [0.25, 0.3) is 0 Å². The molecule has 116 valence electrons. The molecular weight excluding hydrogens is 404 g/mol. The van der Waals surface area contributed by atoms with Crippen molar-refractivity contribution in [3.8, 4) is 5.75 Å². The van der Waals surface area contributed by atoms with Crippen LogP contribution in [0.25, 0.3) is 0 Å². The summed E-state index contributed by atoms with van der Waals surface area (Å²) in [5.74, 6) is -0.381. The third kappa shape index (κ3) is 3.60. The van der Waals surface area contributed by atoms with Crippen molar-refractivity contribution in [3.05, 3.63) is 26.6 Å². The van der Waals surface area contributed by atoms with Gasteiger partial charge in [0.05, 0.1) is 20.1 Å². The van der Waals surface area contributed by atoms with Crippen molar-refractivity contribution in [2.45, 2.75) is 51.4 Å². The Hall–Kier alpha value is -0.590. The summed E-state index contributed by atoms with van der Waals surface area (Å²) in [6.45, 7) is 8.07. The number of carbonyl (C=O) groups is 1. The fourth-order valence-corrected chi connectivity index (χ4v) is 4.01. The van der Waals surface area contributed by atoms with Crippen LogP contribution in [0.2, 0.25) is 0 Å². The first-order chi connectivity index (χ1) is 9.52. The predicted molar refractivity (Wildman–Crippen MR) is 87.1 cm³/mol. The molecule has 0 radical (unpaired) electrons. The van der Waals surface area contributed by atoms with Gasteiger partial charge in [-0.25, -0.2) is 4.79 Å². The lowest BCUT2D eigenvalue weighted by Gasteiger charge is -2.28. The van der Waals surface area contributed by atoms with Gasteiger partial charge in [0.2, 0.25) is 0 Å². The van der Waals surface area contributed by atoms with E-state index in [9.17, 15) is 4.79 Å². The minimum Gasteiger partial charge on any atom is -0.485 e. The molecule has 1 aromatic rings. The van der Waals surface area contributed by atoms with Crippen LogP contribution in [-0.2, 0) is 4.74 Å². The van der Waals surface area contributed by atoms with Gasteiger partial charge in [-0.05, 0) is 71.7 Å². The van der Waals surface area contributed by atoms with Gasteiger partial charge in [-0.1, -0.05) is 0 Å². The average Bonchev–Trinajstić information content (AvgIpc) is 2.50. The normalized spacial score (nSPS) is 23.0. The molecule has 1 unspecified atom stereocenters. The molecule has 0 bridgehead atoms. The number of hydrogen-bond acceptors (Lipinski definition) is 3. The minimum absolute atomic E-state index is 0.115. The van der Waals surface area contributed by atoms with Crippen molar-refractivity contribution in [3.63, 3.8) is 0 Å². The standard InChI is InChI=1S/C15H18Br2O4/c1-14(2)7-11(15(3,4)21-14)20-12-9(16)5-8(13(18)19)6-10(12)17/h5-6,11H,7H2,1-4H3,(H,18,19). The van der Waals surface area contributed by atoms with Crippen LogP contribution in [0.4, 0.5) is 0 Å². The van der Waals surface area contributed by atoms with Crippen molar-refractivity contribution >= 4 is 37.8 Å². The van der Waals surface area contributed by atoms with Crippen LogP contribution in [0, 0.1) is 0 Å². The maximum atomic E-state index is 11.0. The Balaban J connectivity index is 2.30. The molecule has 0 saturated carbocycles. The topological polar surface area (TPSA) is 55.8 Å². The highest BCUT2D eigenvalue weighted by molar-refractivity contribution is 9.11. The smallest absolute Gasteiger partial charge is 0.335 e. The van der Waals surface area contributed by atoms with Gasteiger partial charge in [-0.3, -0.25) is 0 Å². The Morgan fingerprint density at radius 1 is 1.29 bits per heavy atom. The van der Waals surface area contributed by atoms with Crippen LogP contribution >= 0.6 is 31.9 Å². The molecule has 0 amide bonds. The van der Waals surface area contributed by atoms with Crippen molar-refractivity contribution < 1.29 is 19.4 Å². The lowest BCUT2D eigenvalue weighted by molar-refractivity contribution is -0.0847. The predicted octanol–water partition coefficient (Wildman–Crippen LogP) is 4.63.